The summed E-state index contributed by atoms with van der Waals surface area (Å²) in [7, 11) is 0. The van der Waals surface area contributed by atoms with E-state index in [-0.39, 0.29) is 11.3 Å². The number of aliphatic hydroxyl groups is 3. The number of carbonyl (C=O) groups is 2. The molecule has 3 aliphatic rings. The van der Waals surface area contributed by atoms with Crippen molar-refractivity contribution in [2.24, 2.45) is 5.92 Å². The van der Waals surface area contributed by atoms with Gasteiger partial charge < -0.3 is 24.8 Å². The summed E-state index contributed by atoms with van der Waals surface area (Å²) in [5.74, 6) is -5.57. The first-order valence-electron chi connectivity index (χ1n) is 9.84. The van der Waals surface area contributed by atoms with Gasteiger partial charge in [0.15, 0.2) is 11.4 Å². The minimum absolute atomic E-state index is 0.261. The molecule has 2 atom stereocenters. The summed E-state index contributed by atoms with van der Waals surface area (Å²) < 4.78 is 12.0. The largest absolute Gasteiger partial charge is 0.502 e. The van der Waals surface area contributed by atoms with E-state index in [9.17, 15) is 24.9 Å². The van der Waals surface area contributed by atoms with Crippen LogP contribution in [0.1, 0.15) is 43.7 Å². The van der Waals surface area contributed by atoms with E-state index in [1.807, 2.05) is 27.7 Å². The number of aliphatic hydroxyl groups excluding tert-OH is 3. The summed E-state index contributed by atoms with van der Waals surface area (Å²) in [6.07, 6.45) is 0. The third-order valence-electron chi connectivity index (χ3n) is 6.86. The molecule has 158 valence electrons. The van der Waals surface area contributed by atoms with Crippen molar-refractivity contribution >= 4 is 11.8 Å². The number of ether oxygens (including phenoxy) is 2. The fourth-order valence-electron chi connectivity index (χ4n) is 4.96. The number of benzene rings is 2. The lowest BCUT2D eigenvalue weighted by molar-refractivity contribution is -0.130. The third-order valence-corrected chi connectivity index (χ3v) is 6.86. The molecule has 3 N–H and O–H groups in total. The predicted octanol–water partition coefficient (Wildman–Crippen LogP) is 4.02. The van der Waals surface area contributed by atoms with Gasteiger partial charge in [0.05, 0.1) is 5.56 Å². The van der Waals surface area contributed by atoms with E-state index >= 15 is 0 Å². The number of allylic oxidation sites excluding steroid dienone is 1. The van der Waals surface area contributed by atoms with Gasteiger partial charge in [0.1, 0.15) is 11.7 Å². The topological polar surface area (TPSA) is 113 Å². The molecule has 5 rings (SSSR count). The highest BCUT2D eigenvalue weighted by Crippen LogP contribution is 2.59. The van der Waals surface area contributed by atoms with Crippen LogP contribution in [0, 0.1) is 33.6 Å². The van der Waals surface area contributed by atoms with Crippen molar-refractivity contribution in [1.82, 2.24) is 0 Å². The molecule has 2 aliphatic heterocycles. The minimum atomic E-state index is -1.66. The van der Waals surface area contributed by atoms with Crippen molar-refractivity contribution in [2.45, 2.75) is 33.3 Å². The number of esters is 1. The van der Waals surface area contributed by atoms with Crippen LogP contribution in [0.15, 0.2) is 47.3 Å². The van der Waals surface area contributed by atoms with Crippen molar-refractivity contribution in [1.29, 1.82) is 0 Å². The van der Waals surface area contributed by atoms with Crippen LogP contribution in [-0.4, -0.2) is 27.1 Å². The molecule has 2 aromatic rings. The fourth-order valence-corrected chi connectivity index (χ4v) is 4.96. The van der Waals surface area contributed by atoms with Crippen molar-refractivity contribution in [3.63, 3.8) is 0 Å². The predicted molar refractivity (Wildman–Crippen MR) is 109 cm³/mol. The molecule has 0 aromatic heterocycles. The molecule has 0 bridgehead atoms. The normalized spacial score (nSPS) is 24.1. The molecule has 0 radical (unpaired) electrons. The molecule has 31 heavy (non-hydrogen) atoms. The smallest absolute Gasteiger partial charge is 0.339 e. The Hall–Kier alpha value is -3.74. The van der Waals surface area contributed by atoms with Crippen molar-refractivity contribution in [2.75, 3.05) is 0 Å². The van der Waals surface area contributed by atoms with E-state index in [0.717, 1.165) is 22.3 Å². The van der Waals surface area contributed by atoms with E-state index in [2.05, 4.69) is 0 Å². The van der Waals surface area contributed by atoms with Crippen LogP contribution >= 0.6 is 0 Å². The summed E-state index contributed by atoms with van der Waals surface area (Å²) in [6.45, 7) is 7.56. The zero-order valence-corrected chi connectivity index (χ0v) is 17.4. The van der Waals surface area contributed by atoms with E-state index in [4.69, 9.17) is 9.47 Å². The van der Waals surface area contributed by atoms with Gasteiger partial charge in [-0.15, -0.1) is 0 Å². The maximum Gasteiger partial charge on any atom is 0.339 e. The van der Waals surface area contributed by atoms with Crippen molar-refractivity contribution in [3.8, 4) is 5.75 Å². The summed E-state index contributed by atoms with van der Waals surface area (Å²) in [5, 5.41) is 31.0. The monoisotopic (exact) mass is 420 g/mol. The summed E-state index contributed by atoms with van der Waals surface area (Å²) in [4.78, 5) is 26.2. The second-order valence-electron chi connectivity index (χ2n) is 8.18. The first-order chi connectivity index (χ1) is 14.6. The number of fused-ring (bicyclic) bond motifs is 6. The second kappa shape index (κ2) is 5.91. The SMILES string of the molecule is Cc1c(C)c(C)c2c(c1C)OC1=C(O)C(O)=C(O)C(=O)C1C21OC(=O)c2ccccc21. The summed E-state index contributed by atoms with van der Waals surface area (Å²) in [5.41, 5.74) is 2.98. The average molecular weight is 420 g/mol. The molecule has 7 nitrogen and oxygen atoms in total. The van der Waals surface area contributed by atoms with Crippen LogP contribution < -0.4 is 4.74 Å². The Kier molecular flexibility index (Phi) is 3.67. The zero-order valence-electron chi connectivity index (χ0n) is 17.4. The van der Waals surface area contributed by atoms with Crippen LogP contribution in [0.3, 0.4) is 0 Å². The van der Waals surface area contributed by atoms with Gasteiger partial charge in [0.25, 0.3) is 0 Å². The van der Waals surface area contributed by atoms with Crippen molar-refractivity contribution < 1.29 is 34.4 Å². The van der Waals surface area contributed by atoms with Crippen molar-refractivity contribution in [3.05, 3.63) is 86.2 Å². The zero-order chi connectivity index (χ0) is 22.4. The Labute approximate surface area is 177 Å². The lowest BCUT2D eigenvalue weighted by atomic mass is 9.67. The Morgan fingerprint density at radius 1 is 0.839 bits per heavy atom. The van der Waals surface area contributed by atoms with Gasteiger partial charge in [-0.3, -0.25) is 4.79 Å². The average Bonchev–Trinajstić information content (AvgIpc) is 3.05. The lowest BCUT2D eigenvalue weighted by Crippen LogP contribution is -2.49. The molecule has 2 heterocycles. The number of rotatable bonds is 0. The molecule has 2 unspecified atom stereocenters. The number of carbonyl (C=O) groups excluding carboxylic acids is 2. The molecule has 1 spiro atoms. The van der Waals surface area contributed by atoms with Crippen LogP contribution in [0.4, 0.5) is 0 Å². The number of ketones is 1. The number of Topliss-reactive ketones (excluding diaryl/α,β-unsaturated/α-hetero) is 1. The molecular formula is C24H20O7. The number of hydrogen-bond acceptors (Lipinski definition) is 7. The van der Waals surface area contributed by atoms with Crippen LogP contribution in [0.5, 0.6) is 5.75 Å². The van der Waals surface area contributed by atoms with E-state index in [0.29, 0.717) is 16.9 Å². The maximum atomic E-state index is 13.3. The highest BCUT2D eigenvalue weighted by molar-refractivity contribution is 6.04. The highest BCUT2D eigenvalue weighted by atomic mass is 16.6. The van der Waals surface area contributed by atoms with Gasteiger partial charge >= 0.3 is 5.97 Å². The molecular weight excluding hydrogens is 400 g/mol. The van der Waals surface area contributed by atoms with Gasteiger partial charge in [-0.25, -0.2) is 4.79 Å². The first-order valence-corrected chi connectivity index (χ1v) is 9.84. The third kappa shape index (κ3) is 2.08. The van der Waals surface area contributed by atoms with Crippen LogP contribution in [0.25, 0.3) is 0 Å². The highest BCUT2D eigenvalue weighted by Gasteiger charge is 2.64. The Balaban J connectivity index is 2.00. The van der Waals surface area contributed by atoms with E-state index in [1.54, 1.807) is 24.3 Å². The quantitative estimate of drug-likeness (QED) is 0.552. The van der Waals surface area contributed by atoms with E-state index in [1.165, 1.54) is 0 Å². The van der Waals surface area contributed by atoms with Gasteiger partial charge in [-0.2, -0.15) is 0 Å². The fraction of sp³-hybridized carbons (Fsp3) is 0.250. The first kappa shape index (κ1) is 19.2. The lowest BCUT2D eigenvalue weighted by Gasteiger charge is -2.44. The Bertz CT molecular complexity index is 1300. The van der Waals surface area contributed by atoms with Crippen LogP contribution in [0.2, 0.25) is 0 Å². The van der Waals surface area contributed by atoms with Gasteiger partial charge in [-0.1, -0.05) is 18.2 Å². The van der Waals surface area contributed by atoms with Gasteiger partial charge in [-0.05, 0) is 56.0 Å². The molecule has 0 fully saturated rings. The Morgan fingerprint density at radius 3 is 2.19 bits per heavy atom. The summed E-state index contributed by atoms with van der Waals surface area (Å²) in [6, 6.07) is 6.72. The molecule has 0 saturated heterocycles. The molecule has 1 aliphatic carbocycles. The van der Waals surface area contributed by atoms with Crippen LogP contribution in [-0.2, 0) is 15.1 Å². The molecule has 7 heteroatoms. The summed E-state index contributed by atoms with van der Waals surface area (Å²) >= 11 is 0. The second-order valence-corrected chi connectivity index (χ2v) is 8.18. The molecule has 0 amide bonds. The maximum absolute atomic E-state index is 13.3. The minimum Gasteiger partial charge on any atom is -0.502 e. The van der Waals surface area contributed by atoms with Gasteiger partial charge in [0.2, 0.25) is 23.1 Å². The van der Waals surface area contributed by atoms with Gasteiger partial charge in [0, 0.05) is 11.1 Å². The standard InChI is InChI=1S/C24H20O7/c1-9-10(2)12(4)21-15(11(9)3)24(14-8-6-5-7-13(14)23(29)31-24)16-17(25)18(26)19(27)20(28)22(16)30-21/h5-8,16,26-28H,1-4H3. The van der Waals surface area contributed by atoms with E-state index < -0.39 is 40.5 Å². The number of hydrogen-bond donors (Lipinski definition) is 3. The Morgan fingerprint density at radius 2 is 1.48 bits per heavy atom. The molecule has 0 saturated carbocycles. The molecule has 2 aromatic carbocycles.